The van der Waals surface area contributed by atoms with Crippen molar-refractivity contribution in [2.75, 3.05) is 0 Å². The van der Waals surface area contributed by atoms with E-state index in [1.807, 2.05) is 0 Å². The summed E-state index contributed by atoms with van der Waals surface area (Å²) in [6.07, 6.45) is 5.96. The van der Waals surface area contributed by atoms with Crippen molar-refractivity contribution in [1.29, 1.82) is 0 Å². The van der Waals surface area contributed by atoms with Gasteiger partial charge in [0.1, 0.15) is 0 Å². The van der Waals surface area contributed by atoms with Gasteiger partial charge in [0.15, 0.2) is 0 Å². The zero-order valence-electron chi connectivity index (χ0n) is 9.92. The monoisotopic (exact) mass is 192 g/mol. The lowest BCUT2D eigenvalue weighted by Crippen LogP contribution is -2.07. The van der Waals surface area contributed by atoms with Crippen LogP contribution in [0.25, 0.3) is 0 Å². The second-order valence-electron chi connectivity index (χ2n) is 5.16. The lowest BCUT2D eigenvalue weighted by Gasteiger charge is -2.17. The second-order valence-corrected chi connectivity index (χ2v) is 5.16. The fraction of sp³-hybridized carbons (Fsp3) is 0.714. The van der Waals surface area contributed by atoms with Crippen molar-refractivity contribution in [3.05, 3.63) is 24.8 Å². The smallest absolute Gasteiger partial charge is 0.0180 e. The van der Waals surface area contributed by atoms with E-state index in [-0.39, 0.29) is 0 Å². The molecule has 0 aliphatic heterocycles. The molecule has 1 saturated carbocycles. The van der Waals surface area contributed by atoms with Crippen molar-refractivity contribution in [3.8, 4) is 0 Å². The molecule has 0 saturated heterocycles. The lowest BCUT2D eigenvalue weighted by atomic mass is 9.88. The summed E-state index contributed by atoms with van der Waals surface area (Å²) in [5.74, 6) is 3.31. The average molecular weight is 192 g/mol. The minimum absolute atomic E-state index is 0.771. The van der Waals surface area contributed by atoms with Crippen LogP contribution in [0.2, 0.25) is 0 Å². The van der Waals surface area contributed by atoms with Gasteiger partial charge in [-0.05, 0) is 49.9 Å². The molecule has 0 spiro atoms. The van der Waals surface area contributed by atoms with Gasteiger partial charge in [-0.15, -0.1) is 6.58 Å². The van der Waals surface area contributed by atoms with E-state index in [9.17, 15) is 0 Å². The topological polar surface area (TPSA) is 0 Å². The molecule has 14 heavy (non-hydrogen) atoms. The Kier molecular flexibility index (Phi) is 3.97. The Hall–Kier alpha value is -0.520. The van der Waals surface area contributed by atoms with Crippen molar-refractivity contribution in [2.24, 2.45) is 23.7 Å². The van der Waals surface area contributed by atoms with Gasteiger partial charge in [-0.1, -0.05) is 32.1 Å². The molecule has 0 amide bonds. The van der Waals surface area contributed by atoms with Crippen LogP contribution in [0.15, 0.2) is 24.8 Å². The Labute approximate surface area is 89.1 Å². The summed E-state index contributed by atoms with van der Waals surface area (Å²) >= 11 is 0. The van der Waals surface area contributed by atoms with Crippen LogP contribution in [0.5, 0.6) is 0 Å². The van der Waals surface area contributed by atoms with E-state index in [1.54, 1.807) is 0 Å². The van der Waals surface area contributed by atoms with Crippen molar-refractivity contribution in [2.45, 2.75) is 40.0 Å². The number of allylic oxidation sites excluding steroid dienone is 2. The molecule has 1 fully saturated rings. The number of hydrogen-bond acceptors (Lipinski definition) is 0. The third kappa shape index (κ3) is 2.50. The lowest BCUT2D eigenvalue weighted by molar-refractivity contribution is 0.358. The molecule has 1 unspecified atom stereocenters. The van der Waals surface area contributed by atoms with Gasteiger partial charge >= 0.3 is 0 Å². The summed E-state index contributed by atoms with van der Waals surface area (Å²) < 4.78 is 0. The molecule has 0 bridgehead atoms. The van der Waals surface area contributed by atoms with Gasteiger partial charge < -0.3 is 0 Å². The summed E-state index contributed by atoms with van der Waals surface area (Å²) in [6, 6.07) is 0. The van der Waals surface area contributed by atoms with Gasteiger partial charge in [0.05, 0.1) is 0 Å². The molecular formula is C14H24. The highest BCUT2D eigenvalue weighted by Gasteiger charge is 2.33. The third-order valence-corrected chi connectivity index (χ3v) is 3.89. The molecule has 1 aliphatic rings. The Bertz CT molecular complexity index is 214. The van der Waals surface area contributed by atoms with Crippen molar-refractivity contribution >= 4 is 0 Å². The first-order valence-corrected chi connectivity index (χ1v) is 5.82. The van der Waals surface area contributed by atoms with E-state index in [0.29, 0.717) is 0 Å². The third-order valence-electron chi connectivity index (χ3n) is 3.89. The standard InChI is InChI=1S/C14H24/c1-6-7-11(4)13-8-12(5)14(9-13)10(2)3/h6,11-14H,1-2,7-9H2,3-5H3/t11?,12-,13+,14-/m0/s1. The minimum atomic E-state index is 0.771. The molecule has 80 valence electrons. The quantitative estimate of drug-likeness (QED) is 0.578. The summed E-state index contributed by atoms with van der Waals surface area (Å²) in [4.78, 5) is 0. The Balaban J connectivity index is 2.53. The van der Waals surface area contributed by atoms with Crippen molar-refractivity contribution in [1.82, 2.24) is 0 Å². The van der Waals surface area contributed by atoms with E-state index < -0.39 is 0 Å². The highest BCUT2D eigenvalue weighted by Crippen LogP contribution is 2.43. The highest BCUT2D eigenvalue weighted by atomic mass is 14.4. The molecule has 0 aromatic heterocycles. The van der Waals surface area contributed by atoms with E-state index in [0.717, 1.165) is 23.7 Å². The molecule has 0 heterocycles. The molecule has 0 heteroatoms. The van der Waals surface area contributed by atoms with Crippen molar-refractivity contribution < 1.29 is 0 Å². The molecule has 1 rings (SSSR count). The van der Waals surface area contributed by atoms with Crippen LogP contribution < -0.4 is 0 Å². The predicted molar refractivity (Wildman–Crippen MR) is 64.2 cm³/mol. The fourth-order valence-electron chi connectivity index (χ4n) is 2.90. The molecule has 0 radical (unpaired) electrons. The molecule has 1 aliphatic carbocycles. The maximum absolute atomic E-state index is 4.11. The number of hydrogen-bond donors (Lipinski definition) is 0. The first-order valence-electron chi connectivity index (χ1n) is 5.82. The van der Waals surface area contributed by atoms with Crippen molar-refractivity contribution in [3.63, 3.8) is 0 Å². The summed E-state index contributed by atoms with van der Waals surface area (Å²) in [6.45, 7) is 14.9. The average Bonchev–Trinajstić information content (AvgIpc) is 2.48. The molecule has 0 N–H and O–H groups in total. The zero-order chi connectivity index (χ0) is 10.7. The van der Waals surface area contributed by atoms with Crippen LogP contribution in [0.1, 0.15) is 40.0 Å². The van der Waals surface area contributed by atoms with Gasteiger partial charge in [0.25, 0.3) is 0 Å². The maximum Gasteiger partial charge on any atom is -0.0180 e. The second kappa shape index (κ2) is 4.82. The highest BCUT2D eigenvalue weighted by molar-refractivity contribution is 5.03. The summed E-state index contributed by atoms with van der Waals surface area (Å²) in [5.41, 5.74) is 1.38. The van der Waals surface area contributed by atoms with E-state index in [4.69, 9.17) is 0 Å². The Morgan fingerprint density at radius 3 is 2.57 bits per heavy atom. The van der Waals surface area contributed by atoms with Gasteiger partial charge in [0.2, 0.25) is 0 Å². The van der Waals surface area contributed by atoms with Gasteiger partial charge in [-0.25, -0.2) is 0 Å². The first kappa shape index (κ1) is 11.6. The summed E-state index contributed by atoms with van der Waals surface area (Å²) in [5, 5.41) is 0. The van der Waals surface area contributed by atoms with Crippen LogP contribution in [-0.4, -0.2) is 0 Å². The van der Waals surface area contributed by atoms with Crippen LogP contribution in [0.3, 0.4) is 0 Å². The molecule has 0 aromatic carbocycles. The maximum atomic E-state index is 4.11. The first-order chi connectivity index (χ1) is 6.56. The van der Waals surface area contributed by atoms with Crippen LogP contribution in [0, 0.1) is 23.7 Å². The van der Waals surface area contributed by atoms with Gasteiger partial charge in [0, 0.05) is 0 Å². The summed E-state index contributed by atoms with van der Waals surface area (Å²) in [7, 11) is 0. The SMILES string of the molecule is C=CCC(C)[C@@H]1C[C@H](C)[C@H](C(=C)C)C1. The van der Waals surface area contributed by atoms with E-state index in [2.05, 4.69) is 40.0 Å². The zero-order valence-corrected chi connectivity index (χ0v) is 9.92. The van der Waals surface area contributed by atoms with Crippen LogP contribution in [0.4, 0.5) is 0 Å². The number of rotatable bonds is 4. The molecule has 0 aromatic rings. The molecule has 0 nitrogen and oxygen atoms in total. The minimum Gasteiger partial charge on any atom is -0.103 e. The van der Waals surface area contributed by atoms with Crippen LogP contribution in [-0.2, 0) is 0 Å². The van der Waals surface area contributed by atoms with Gasteiger partial charge in [-0.3, -0.25) is 0 Å². The van der Waals surface area contributed by atoms with Gasteiger partial charge in [-0.2, -0.15) is 0 Å². The largest absolute Gasteiger partial charge is 0.103 e. The fourth-order valence-corrected chi connectivity index (χ4v) is 2.90. The molecule has 4 atom stereocenters. The van der Waals surface area contributed by atoms with Crippen LogP contribution >= 0.6 is 0 Å². The molecular weight excluding hydrogens is 168 g/mol. The van der Waals surface area contributed by atoms with E-state index in [1.165, 1.54) is 24.8 Å². The Morgan fingerprint density at radius 2 is 2.14 bits per heavy atom. The normalized spacial score (nSPS) is 34.1. The Morgan fingerprint density at radius 1 is 1.50 bits per heavy atom. The predicted octanol–water partition coefficient (Wildman–Crippen LogP) is 4.44. The van der Waals surface area contributed by atoms with E-state index >= 15 is 0 Å².